The quantitative estimate of drug-likeness (QED) is 0.824. The van der Waals surface area contributed by atoms with Crippen molar-refractivity contribution in [2.75, 3.05) is 19.5 Å². The molecule has 1 heterocycles. The molecular formula is C14H15ClN2O3S2. The predicted molar refractivity (Wildman–Crippen MR) is 90.4 cm³/mol. The minimum Gasteiger partial charge on any atom is -0.383 e. The molecule has 0 saturated carbocycles. The second kappa shape index (κ2) is 7.92. The Labute approximate surface area is 140 Å². The monoisotopic (exact) mass is 358 g/mol. The number of nitrogens with zero attached hydrogens (tertiary/aromatic N) is 2. The average molecular weight is 359 g/mol. The van der Waals surface area contributed by atoms with E-state index in [4.69, 9.17) is 16.3 Å². The molecule has 0 spiro atoms. The molecule has 8 heteroatoms. The second-order valence-corrected chi connectivity index (χ2v) is 7.02. The molecule has 0 atom stereocenters. The first kappa shape index (κ1) is 17.2. The number of ether oxygens (including phenoxy) is 1. The Hall–Kier alpha value is -1.15. The van der Waals surface area contributed by atoms with Crippen LogP contribution in [0.2, 0.25) is 5.02 Å². The van der Waals surface area contributed by atoms with Crippen LogP contribution in [0.3, 0.4) is 0 Å². The molecule has 118 valence electrons. The van der Waals surface area contributed by atoms with E-state index in [1.54, 1.807) is 13.2 Å². The van der Waals surface area contributed by atoms with E-state index >= 15 is 0 Å². The van der Waals surface area contributed by atoms with Crippen LogP contribution in [-0.2, 0) is 20.9 Å². The van der Waals surface area contributed by atoms with Crippen molar-refractivity contribution in [2.24, 2.45) is 4.99 Å². The molecule has 0 aliphatic heterocycles. The number of rotatable bonds is 5. The summed E-state index contributed by atoms with van der Waals surface area (Å²) in [7, 11) is 1.62. The molecule has 22 heavy (non-hydrogen) atoms. The van der Waals surface area contributed by atoms with Crippen molar-refractivity contribution in [1.82, 2.24) is 4.57 Å². The largest absolute Gasteiger partial charge is 0.383 e. The van der Waals surface area contributed by atoms with Gasteiger partial charge in [0, 0.05) is 25.6 Å². The van der Waals surface area contributed by atoms with Crippen molar-refractivity contribution in [3.05, 3.63) is 28.0 Å². The van der Waals surface area contributed by atoms with E-state index in [1.165, 1.54) is 18.3 Å². The van der Waals surface area contributed by atoms with Crippen LogP contribution in [0.1, 0.15) is 6.92 Å². The van der Waals surface area contributed by atoms with Gasteiger partial charge in [-0.2, -0.15) is 4.99 Å². The molecule has 0 bridgehead atoms. The summed E-state index contributed by atoms with van der Waals surface area (Å²) in [6.45, 7) is 2.53. The van der Waals surface area contributed by atoms with E-state index in [0.29, 0.717) is 23.0 Å². The van der Waals surface area contributed by atoms with Gasteiger partial charge in [0.1, 0.15) is 0 Å². The molecule has 0 unspecified atom stereocenters. The fourth-order valence-electron chi connectivity index (χ4n) is 1.83. The Balaban J connectivity index is 2.42. The smallest absolute Gasteiger partial charge is 0.258 e. The van der Waals surface area contributed by atoms with Gasteiger partial charge in [-0.05, 0) is 18.2 Å². The Kier molecular flexibility index (Phi) is 6.19. The van der Waals surface area contributed by atoms with E-state index < -0.39 is 0 Å². The number of methoxy groups -OCH3 is 1. The van der Waals surface area contributed by atoms with Gasteiger partial charge in [0.15, 0.2) is 9.92 Å². The van der Waals surface area contributed by atoms with Crippen LogP contribution in [0.4, 0.5) is 0 Å². The highest BCUT2D eigenvalue weighted by Gasteiger charge is 2.09. The Bertz CT molecular complexity index is 767. The number of thiazole rings is 1. The van der Waals surface area contributed by atoms with Crippen LogP contribution >= 0.6 is 34.7 Å². The Morgan fingerprint density at radius 2 is 2.23 bits per heavy atom. The summed E-state index contributed by atoms with van der Waals surface area (Å²) in [5, 5.41) is 0.539. The topological polar surface area (TPSA) is 60.7 Å². The van der Waals surface area contributed by atoms with Crippen LogP contribution in [-0.4, -0.2) is 35.1 Å². The van der Waals surface area contributed by atoms with E-state index in [9.17, 15) is 9.59 Å². The van der Waals surface area contributed by atoms with E-state index in [2.05, 4.69) is 4.99 Å². The summed E-state index contributed by atoms with van der Waals surface area (Å²) < 4.78 is 7.99. The zero-order valence-corrected chi connectivity index (χ0v) is 14.6. The lowest BCUT2D eigenvalue weighted by atomic mass is 10.3. The molecule has 1 aromatic heterocycles. The third kappa shape index (κ3) is 4.42. The van der Waals surface area contributed by atoms with Gasteiger partial charge >= 0.3 is 0 Å². The Morgan fingerprint density at radius 3 is 2.91 bits per heavy atom. The lowest BCUT2D eigenvalue weighted by Crippen LogP contribution is -2.19. The zero-order chi connectivity index (χ0) is 16.1. The van der Waals surface area contributed by atoms with Crippen molar-refractivity contribution in [1.29, 1.82) is 0 Å². The van der Waals surface area contributed by atoms with Crippen molar-refractivity contribution in [3.63, 3.8) is 0 Å². The SMILES string of the molecule is COCCn1c(=NC(=O)CSC(C)=O)sc2cc(Cl)ccc21. The van der Waals surface area contributed by atoms with Crippen molar-refractivity contribution >= 4 is 55.9 Å². The highest BCUT2D eigenvalue weighted by Crippen LogP contribution is 2.21. The van der Waals surface area contributed by atoms with Gasteiger partial charge in [-0.3, -0.25) is 9.59 Å². The molecule has 0 radical (unpaired) electrons. The fourth-order valence-corrected chi connectivity index (χ4v) is 3.57. The van der Waals surface area contributed by atoms with Crippen LogP contribution in [0.25, 0.3) is 10.2 Å². The Morgan fingerprint density at radius 1 is 1.45 bits per heavy atom. The number of carbonyl (C=O) groups is 2. The number of aromatic nitrogens is 1. The number of fused-ring (bicyclic) bond motifs is 1. The van der Waals surface area contributed by atoms with Crippen LogP contribution in [0.5, 0.6) is 0 Å². The number of thioether (sulfide) groups is 1. The summed E-state index contributed by atoms with van der Waals surface area (Å²) in [6.07, 6.45) is 0. The highest BCUT2D eigenvalue weighted by atomic mass is 35.5. The van der Waals surface area contributed by atoms with Gasteiger partial charge in [-0.15, -0.1) is 0 Å². The molecule has 0 fully saturated rings. The van der Waals surface area contributed by atoms with Crippen molar-refractivity contribution in [3.8, 4) is 0 Å². The summed E-state index contributed by atoms with van der Waals surface area (Å²) in [5.74, 6) is -0.279. The van der Waals surface area contributed by atoms with E-state index in [0.717, 1.165) is 22.0 Å². The maximum absolute atomic E-state index is 11.9. The molecule has 2 rings (SSSR count). The molecule has 0 aliphatic rings. The lowest BCUT2D eigenvalue weighted by Gasteiger charge is -2.04. The molecule has 5 nitrogen and oxygen atoms in total. The van der Waals surface area contributed by atoms with Gasteiger partial charge in [0.05, 0.1) is 22.6 Å². The number of halogens is 1. The highest BCUT2D eigenvalue weighted by molar-refractivity contribution is 8.14. The molecule has 1 aromatic carbocycles. The summed E-state index contributed by atoms with van der Waals surface area (Å²) in [5.41, 5.74) is 0.956. The van der Waals surface area contributed by atoms with E-state index in [-0.39, 0.29) is 16.8 Å². The maximum atomic E-state index is 11.9. The van der Waals surface area contributed by atoms with Crippen LogP contribution in [0, 0.1) is 0 Å². The zero-order valence-electron chi connectivity index (χ0n) is 12.2. The third-order valence-corrected chi connectivity index (χ3v) is 4.86. The van der Waals surface area contributed by atoms with Crippen molar-refractivity contribution in [2.45, 2.75) is 13.5 Å². The fraction of sp³-hybridized carbons (Fsp3) is 0.357. The second-order valence-electron chi connectivity index (χ2n) is 4.43. The maximum Gasteiger partial charge on any atom is 0.258 e. The normalized spacial score (nSPS) is 12.0. The van der Waals surface area contributed by atoms with Gasteiger partial charge in [-0.1, -0.05) is 34.7 Å². The minimum atomic E-state index is -0.330. The standard InChI is InChI=1S/C14H15ClN2O3S2/c1-9(18)21-8-13(19)16-14-17(5-6-20-2)11-4-3-10(15)7-12(11)22-14/h3-4,7H,5-6,8H2,1-2H3. The first-order valence-corrected chi connectivity index (χ1v) is 8.68. The number of carbonyl (C=O) groups excluding carboxylic acids is 2. The number of hydrogen-bond acceptors (Lipinski definition) is 5. The van der Waals surface area contributed by atoms with Gasteiger partial charge < -0.3 is 9.30 Å². The lowest BCUT2D eigenvalue weighted by molar-refractivity contribution is -0.116. The third-order valence-electron chi connectivity index (χ3n) is 2.78. The number of hydrogen-bond donors (Lipinski definition) is 0. The van der Waals surface area contributed by atoms with Gasteiger partial charge in [-0.25, -0.2) is 0 Å². The molecular weight excluding hydrogens is 344 g/mol. The summed E-state index contributed by atoms with van der Waals surface area (Å²) in [4.78, 5) is 27.5. The van der Waals surface area contributed by atoms with Crippen LogP contribution < -0.4 is 4.80 Å². The molecule has 2 aromatic rings. The van der Waals surface area contributed by atoms with Crippen molar-refractivity contribution < 1.29 is 14.3 Å². The van der Waals surface area contributed by atoms with Crippen LogP contribution in [0.15, 0.2) is 23.2 Å². The molecule has 0 aliphatic carbocycles. The average Bonchev–Trinajstić information content (AvgIpc) is 2.79. The minimum absolute atomic E-state index is 0.0502. The first-order chi connectivity index (χ1) is 10.5. The molecule has 1 amide bonds. The number of amides is 1. The summed E-state index contributed by atoms with van der Waals surface area (Å²) >= 11 is 8.36. The van der Waals surface area contributed by atoms with Gasteiger partial charge in [0.2, 0.25) is 0 Å². The number of benzene rings is 1. The molecule has 0 saturated heterocycles. The molecule has 0 N–H and O–H groups in total. The van der Waals surface area contributed by atoms with E-state index in [1.807, 2.05) is 16.7 Å². The predicted octanol–water partition coefficient (Wildman–Crippen LogP) is 2.71. The van der Waals surface area contributed by atoms with Gasteiger partial charge in [0.25, 0.3) is 5.91 Å². The first-order valence-electron chi connectivity index (χ1n) is 6.50. The summed E-state index contributed by atoms with van der Waals surface area (Å²) in [6, 6.07) is 5.55.